The zero-order chi connectivity index (χ0) is 15.4. The first-order valence-corrected chi connectivity index (χ1v) is 8.50. The van der Waals surface area contributed by atoms with Gasteiger partial charge in [0.25, 0.3) is 0 Å². The summed E-state index contributed by atoms with van der Waals surface area (Å²) >= 11 is 0. The molecule has 1 saturated heterocycles. The SMILES string of the molecule is CNC1CCCN(CC(=O)NC(c2ccccc2)C2CC2)C1.Cl. The normalized spacial score (nSPS) is 22.9. The summed E-state index contributed by atoms with van der Waals surface area (Å²) < 4.78 is 0. The van der Waals surface area contributed by atoms with Crippen LogP contribution in [-0.2, 0) is 4.79 Å². The van der Waals surface area contributed by atoms with Crippen molar-refractivity contribution in [3.8, 4) is 0 Å². The number of amides is 1. The van der Waals surface area contributed by atoms with Gasteiger partial charge in [0.1, 0.15) is 0 Å². The van der Waals surface area contributed by atoms with E-state index in [-0.39, 0.29) is 24.4 Å². The van der Waals surface area contributed by atoms with Crippen molar-refractivity contribution in [2.75, 3.05) is 26.7 Å². The Morgan fingerprint density at radius 3 is 2.65 bits per heavy atom. The highest BCUT2D eigenvalue weighted by molar-refractivity contribution is 5.85. The van der Waals surface area contributed by atoms with Crippen LogP contribution >= 0.6 is 12.4 Å². The minimum atomic E-state index is 0. The minimum Gasteiger partial charge on any atom is -0.348 e. The average molecular weight is 338 g/mol. The third-order valence-electron chi connectivity index (χ3n) is 4.85. The topological polar surface area (TPSA) is 44.4 Å². The summed E-state index contributed by atoms with van der Waals surface area (Å²) in [6.07, 6.45) is 4.84. The molecule has 0 bridgehead atoms. The molecular weight excluding hydrogens is 310 g/mol. The lowest BCUT2D eigenvalue weighted by Crippen LogP contribution is -2.48. The Bertz CT molecular complexity index is 492. The summed E-state index contributed by atoms with van der Waals surface area (Å²) in [7, 11) is 2.01. The first-order valence-electron chi connectivity index (χ1n) is 8.50. The predicted octanol–water partition coefficient (Wildman–Crippen LogP) is 2.36. The van der Waals surface area contributed by atoms with E-state index in [1.54, 1.807) is 0 Å². The Kier molecular flexibility index (Phi) is 6.88. The fourth-order valence-electron chi connectivity index (χ4n) is 3.42. The lowest BCUT2D eigenvalue weighted by atomic mass is 10.0. The summed E-state index contributed by atoms with van der Waals surface area (Å²) in [6.45, 7) is 2.53. The Morgan fingerprint density at radius 1 is 1.26 bits per heavy atom. The fraction of sp³-hybridized carbons (Fsp3) is 0.611. The van der Waals surface area contributed by atoms with Crippen LogP contribution in [0.2, 0.25) is 0 Å². The van der Waals surface area contributed by atoms with Crippen LogP contribution in [0.25, 0.3) is 0 Å². The molecule has 1 aromatic rings. The third kappa shape index (κ3) is 5.20. The van der Waals surface area contributed by atoms with E-state index in [1.807, 2.05) is 13.1 Å². The molecule has 1 aromatic carbocycles. The van der Waals surface area contributed by atoms with Crippen LogP contribution in [0.5, 0.6) is 0 Å². The Hall–Kier alpha value is -1.10. The van der Waals surface area contributed by atoms with Gasteiger partial charge in [-0.15, -0.1) is 12.4 Å². The van der Waals surface area contributed by atoms with Gasteiger partial charge >= 0.3 is 0 Å². The van der Waals surface area contributed by atoms with Gasteiger partial charge in [0.2, 0.25) is 5.91 Å². The number of likely N-dealkylation sites (tertiary alicyclic amines) is 1. The molecule has 0 aromatic heterocycles. The van der Waals surface area contributed by atoms with Gasteiger partial charge in [-0.25, -0.2) is 0 Å². The van der Waals surface area contributed by atoms with E-state index >= 15 is 0 Å². The van der Waals surface area contributed by atoms with Gasteiger partial charge in [0.05, 0.1) is 12.6 Å². The molecule has 1 heterocycles. The number of rotatable bonds is 6. The molecule has 1 aliphatic heterocycles. The number of hydrogen-bond donors (Lipinski definition) is 2. The molecule has 2 fully saturated rings. The van der Waals surface area contributed by atoms with Crippen molar-refractivity contribution >= 4 is 18.3 Å². The van der Waals surface area contributed by atoms with E-state index in [0.29, 0.717) is 18.5 Å². The smallest absolute Gasteiger partial charge is 0.234 e. The van der Waals surface area contributed by atoms with E-state index in [0.717, 1.165) is 13.1 Å². The third-order valence-corrected chi connectivity index (χ3v) is 4.85. The molecule has 23 heavy (non-hydrogen) atoms. The number of benzene rings is 1. The van der Waals surface area contributed by atoms with E-state index in [4.69, 9.17) is 0 Å². The van der Waals surface area contributed by atoms with Crippen molar-refractivity contribution in [1.29, 1.82) is 0 Å². The molecule has 2 aliphatic rings. The molecule has 2 N–H and O–H groups in total. The second kappa shape index (κ2) is 8.67. The predicted molar refractivity (Wildman–Crippen MR) is 95.8 cm³/mol. The summed E-state index contributed by atoms with van der Waals surface area (Å²) in [6, 6.07) is 11.1. The van der Waals surface area contributed by atoms with Crippen molar-refractivity contribution < 1.29 is 4.79 Å². The van der Waals surface area contributed by atoms with Gasteiger partial charge in [0.15, 0.2) is 0 Å². The summed E-state index contributed by atoms with van der Waals surface area (Å²) in [5, 5.41) is 6.60. The number of carbonyl (C=O) groups is 1. The maximum atomic E-state index is 12.4. The van der Waals surface area contributed by atoms with E-state index in [1.165, 1.54) is 31.2 Å². The van der Waals surface area contributed by atoms with Crippen LogP contribution in [-0.4, -0.2) is 43.5 Å². The molecular formula is C18H28ClN3O. The number of halogens is 1. The van der Waals surface area contributed by atoms with Gasteiger partial charge < -0.3 is 10.6 Å². The van der Waals surface area contributed by atoms with Crippen LogP contribution in [0.15, 0.2) is 30.3 Å². The highest BCUT2D eigenvalue weighted by Crippen LogP contribution is 2.40. The molecule has 0 radical (unpaired) electrons. The molecule has 2 atom stereocenters. The second-order valence-corrected chi connectivity index (χ2v) is 6.66. The Labute approximate surface area is 145 Å². The van der Waals surface area contributed by atoms with Crippen molar-refractivity contribution in [3.63, 3.8) is 0 Å². The number of nitrogens with one attached hydrogen (secondary N) is 2. The summed E-state index contributed by atoms with van der Waals surface area (Å²) in [5.41, 5.74) is 1.24. The molecule has 3 rings (SSSR count). The highest BCUT2D eigenvalue weighted by atomic mass is 35.5. The number of hydrogen-bond acceptors (Lipinski definition) is 3. The lowest BCUT2D eigenvalue weighted by molar-refractivity contribution is -0.123. The van der Waals surface area contributed by atoms with Crippen LogP contribution in [0.3, 0.4) is 0 Å². The van der Waals surface area contributed by atoms with E-state index in [2.05, 4.69) is 39.8 Å². The Balaban J connectivity index is 0.00000192. The molecule has 0 spiro atoms. The maximum absolute atomic E-state index is 12.4. The molecule has 2 unspecified atom stereocenters. The maximum Gasteiger partial charge on any atom is 0.234 e. The van der Waals surface area contributed by atoms with E-state index in [9.17, 15) is 4.79 Å². The highest BCUT2D eigenvalue weighted by Gasteiger charge is 2.33. The molecule has 1 aliphatic carbocycles. The zero-order valence-corrected chi connectivity index (χ0v) is 14.6. The van der Waals surface area contributed by atoms with Crippen LogP contribution in [0.1, 0.15) is 37.3 Å². The first-order chi connectivity index (χ1) is 10.8. The number of piperidine rings is 1. The fourth-order valence-corrected chi connectivity index (χ4v) is 3.42. The van der Waals surface area contributed by atoms with Gasteiger partial charge in [-0.1, -0.05) is 30.3 Å². The Morgan fingerprint density at radius 2 is 2.00 bits per heavy atom. The zero-order valence-electron chi connectivity index (χ0n) is 13.8. The second-order valence-electron chi connectivity index (χ2n) is 6.66. The van der Waals surface area contributed by atoms with Gasteiger partial charge in [-0.05, 0) is 50.8 Å². The average Bonchev–Trinajstić information content (AvgIpc) is 3.38. The van der Waals surface area contributed by atoms with Crippen molar-refractivity contribution in [2.45, 2.75) is 37.8 Å². The molecule has 1 amide bonds. The number of nitrogens with zero attached hydrogens (tertiary/aromatic N) is 1. The van der Waals surface area contributed by atoms with Crippen molar-refractivity contribution in [2.24, 2.45) is 5.92 Å². The van der Waals surface area contributed by atoms with Gasteiger partial charge in [0, 0.05) is 12.6 Å². The number of carbonyl (C=O) groups excluding carboxylic acids is 1. The van der Waals surface area contributed by atoms with Crippen LogP contribution in [0, 0.1) is 5.92 Å². The largest absolute Gasteiger partial charge is 0.348 e. The number of likely N-dealkylation sites (N-methyl/N-ethyl adjacent to an activating group) is 1. The molecule has 4 nitrogen and oxygen atoms in total. The minimum absolute atomic E-state index is 0. The quantitative estimate of drug-likeness (QED) is 0.837. The van der Waals surface area contributed by atoms with Gasteiger partial charge in [-0.2, -0.15) is 0 Å². The van der Waals surface area contributed by atoms with Crippen LogP contribution in [0.4, 0.5) is 0 Å². The van der Waals surface area contributed by atoms with Crippen LogP contribution < -0.4 is 10.6 Å². The van der Waals surface area contributed by atoms with Gasteiger partial charge in [-0.3, -0.25) is 9.69 Å². The van der Waals surface area contributed by atoms with Crippen molar-refractivity contribution in [3.05, 3.63) is 35.9 Å². The summed E-state index contributed by atoms with van der Waals surface area (Å²) in [5.74, 6) is 0.787. The standard InChI is InChI=1S/C18H27N3O.ClH/c1-19-16-8-5-11-21(12-16)13-17(22)20-18(15-9-10-15)14-6-3-2-4-7-14;/h2-4,6-7,15-16,18-19H,5,8-13H2,1H3,(H,20,22);1H. The first kappa shape index (κ1) is 18.2. The van der Waals surface area contributed by atoms with Crippen molar-refractivity contribution in [1.82, 2.24) is 15.5 Å². The van der Waals surface area contributed by atoms with E-state index < -0.39 is 0 Å². The summed E-state index contributed by atoms with van der Waals surface area (Å²) in [4.78, 5) is 14.7. The monoisotopic (exact) mass is 337 g/mol. The molecule has 5 heteroatoms. The molecule has 128 valence electrons. The lowest BCUT2D eigenvalue weighted by Gasteiger charge is -2.32. The molecule has 1 saturated carbocycles.